The van der Waals surface area contributed by atoms with Crippen LogP contribution in [-0.2, 0) is 9.53 Å². The third-order valence-corrected chi connectivity index (χ3v) is 3.59. The van der Waals surface area contributed by atoms with E-state index >= 15 is 0 Å². The minimum absolute atomic E-state index is 0.170. The molecular weight excluding hydrogens is 308 g/mol. The fraction of sp³-hybridized carbons (Fsp3) is 0.368. The Morgan fingerprint density at radius 1 is 1.21 bits per heavy atom. The van der Waals surface area contributed by atoms with Crippen molar-refractivity contribution in [1.29, 1.82) is 0 Å². The first-order valence-electron chi connectivity index (χ1n) is 7.72. The van der Waals surface area contributed by atoms with Crippen LogP contribution in [0.5, 0.6) is 11.5 Å². The Bertz CT molecular complexity index is 747. The van der Waals surface area contributed by atoms with Crippen molar-refractivity contribution in [3.8, 4) is 11.5 Å². The van der Waals surface area contributed by atoms with Crippen LogP contribution in [0.1, 0.15) is 56.6 Å². The van der Waals surface area contributed by atoms with E-state index in [2.05, 4.69) is 0 Å². The Balaban J connectivity index is 2.39. The number of carbonyl (C=O) groups is 2. The Labute approximate surface area is 141 Å². The molecule has 1 aliphatic rings. The van der Waals surface area contributed by atoms with Crippen LogP contribution in [0.2, 0.25) is 0 Å². The van der Waals surface area contributed by atoms with Gasteiger partial charge in [-0.25, -0.2) is 4.79 Å². The molecule has 0 radical (unpaired) electrons. The van der Waals surface area contributed by atoms with Crippen LogP contribution < -0.4 is 9.47 Å². The Morgan fingerprint density at radius 3 is 2.42 bits per heavy atom. The molecule has 1 heterocycles. The number of Topliss-reactive ketones (excluding diaryl/α,β-unsaturated/α-hetero) is 1. The molecule has 1 unspecified atom stereocenters. The minimum Gasteiger partial charge on any atom is -0.496 e. The third kappa shape index (κ3) is 3.50. The summed E-state index contributed by atoms with van der Waals surface area (Å²) in [6.07, 6.45) is 0.864. The number of ketones is 1. The highest BCUT2D eigenvalue weighted by Crippen LogP contribution is 2.40. The number of methoxy groups -OCH3 is 1. The first-order valence-corrected chi connectivity index (χ1v) is 7.72. The number of rotatable bonds is 4. The summed E-state index contributed by atoms with van der Waals surface area (Å²) in [5.74, 6) is 0.696. The Kier molecular flexibility index (Phi) is 5.12. The molecule has 0 aliphatic carbocycles. The third-order valence-electron chi connectivity index (χ3n) is 3.59. The van der Waals surface area contributed by atoms with Gasteiger partial charge in [-0.05, 0) is 46.3 Å². The molecule has 0 saturated carbocycles. The molecule has 0 spiro atoms. The van der Waals surface area contributed by atoms with E-state index in [-0.39, 0.29) is 5.78 Å². The largest absolute Gasteiger partial charge is 0.496 e. The van der Waals surface area contributed by atoms with Crippen LogP contribution in [0.25, 0.3) is 0 Å². The number of allylic oxidation sites excluding steroid dienone is 3. The quantitative estimate of drug-likeness (QED) is 0.613. The van der Waals surface area contributed by atoms with Gasteiger partial charge in [0.05, 0.1) is 12.7 Å². The predicted molar refractivity (Wildman–Crippen MR) is 90.3 cm³/mol. The van der Waals surface area contributed by atoms with Gasteiger partial charge in [-0.2, -0.15) is 0 Å². The Morgan fingerprint density at radius 2 is 1.88 bits per heavy atom. The lowest BCUT2D eigenvalue weighted by Crippen LogP contribution is -2.09. The zero-order valence-corrected chi connectivity index (χ0v) is 14.9. The molecule has 5 heteroatoms. The second-order valence-corrected chi connectivity index (χ2v) is 6.15. The lowest BCUT2D eigenvalue weighted by molar-refractivity contribution is -0.142. The average Bonchev–Trinajstić information content (AvgIpc) is 2.81. The van der Waals surface area contributed by atoms with Gasteiger partial charge in [0.25, 0.3) is 0 Å². The minimum atomic E-state index is -0.558. The van der Waals surface area contributed by atoms with Crippen LogP contribution in [-0.4, -0.2) is 18.9 Å². The summed E-state index contributed by atoms with van der Waals surface area (Å²) in [7, 11) is 1.52. The van der Waals surface area contributed by atoms with E-state index in [1.54, 1.807) is 19.1 Å². The van der Waals surface area contributed by atoms with Crippen LogP contribution in [0.4, 0.5) is 0 Å². The van der Waals surface area contributed by atoms with Crippen molar-refractivity contribution >= 4 is 11.8 Å². The number of ether oxygens (including phenoxy) is 3. The molecule has 128 valence electrons. The summed E-state index contributed by atoms with van der Waals surface area (Å²) >= 11 is 0. The van der Waals surface area contributed by atoms with E-state index < -0.39 is 12.1 Å². The van der Waals surface area contributed by atoms with Crippen LogP contribution >= 0.6 is 0 Å². The van der Waals surface area contributed by atoms with Crippen molar-refractivity contribution in [2.24, 2.45) is 0 Å². The average molecular weight is 330 g/mol. The normalized spacial score (nSPS) is 13.8. The van der Waals surface area contributed by atoms with Gasteiger partial charge >= 0.3 is 5.97 Å². The van der Waals surface area contributed by atoms with E-state index in [0.29, 0.717) is 28.4 Å². The highest BCUT2D eigenvalue weighted by Gasteiger charge is 2.31. The second-order valence-electron chi connectivity index (χ2n) is 6.15. The number of hydrogen-bond acceptors (Lipinski definition) is 5. The standard InChI is InChI=1S/C19H22O5/c1-10(2)7-17(20)23-12(5)13-8-14-16(9-15(13)22-6)24-19(11(3)4)18(14)21/h7-9,12H,1-6H3. The molecule has 2 rings (SSSR count). The molecule has 0 fully saturated rings. The fourth-order valence-electron chi connectivity index (χ4n) is 2.45. The molecular formula is C19H22O5. The second kappa shape index (κ2) is 6.91. The lowest BCUT2D eigenvalue weighted by atomic mass is 10.0. The van der Waals surface area contributed by atoms with Crippen molar-refractivity contribution in [3.05, 3.63) is 46.2 Å². The number of fused-ring (bicyclic) bond motifs is 1. The van der Waals surface area contributed by atoms with Gasteiger partial charge < -0.3 is 14.2 Å². The van der Waals surface area contributed by atoms with Crippen LogP contribution in [0.15, 0.2) is 35.1 Å². The molecule has 0 saturated heterocycles. The van der Waals surface area contributed by atoms with Gasteiger partial charge in [-0.3, -0.25) is 4.79 Å². The van der Waals surface area contributed by atoms with Gasteiger partial charge in [-0.15, -0.1) is 0 Å². The van der Waals surface area contributed by atoms with Crippen molar-refractivity contribution < 1.29 is 23.8 Å². The molecule has 1 aromatic rings. The van der Waals surface area contributed by atoms with Crippen molar-refractivity contribution in [2.75, 3.05) is 7.11 Å². The van der Waals surface area contributed by atoms with Gasteiger partial charge in [0.2, 0.25) is 5.78 Å². The summed E-state index contributed by atoms with van der Waals surface area (Å²) in [6.45, 7) is 9.02. The topological polar surface area (TPSA) is 61.8 Å². The van der Waals surface area contributed by atoms with E-state index in [1.807, 2.05) is 27.7 Å². The SMILES string of the molecule is COc1cc2c(cc1C(C)OC(=O)C=C(C)C)C(=O)C(=C(C)C)O2. The van der Waals surface area contributed by atoms with Crippen molar-refractivity contribution in [2.45, 2.75) is 40.7 Å². The molecule has 0 bridgehead atoms. The molecule has 5 nitrogen and oxygen atoms in total. The molecule has 0 aromatic heterocycles. The monoisotopic (exact) mass is 330 g/mol. The number of hydrogen-bond donors (Lipinski definition) is 0. The summed E-state index contributed by atoms with van der Waals surface area (Å²) in [5, 5.41) is 0. The van der Waals surface area contributed by atoms with Gasteiger partial charge in [0, 0.05) is 17.7 Å². The van der Waals surface area contributed by atoms with E-state index in [1.165, 1.54) is 13.2 Å². The lowest BCUT2D eigenvalue weighted by Gasteiger charge is -2.16. The number of esters is 1. The molecule has 1 aromatic carbocycles. The highest BCUT2D eigenvalue weighted by atomic mass is 16.5. The van der Waals surface area contributed by atoms with Gasteiger partial charge in [0.15, 0.2) is 5.76 Å². The Hall–Kier alpha value is -2.56. The maximum atomic E-state index is 12.4. The highest BCUT2D eigenvalue weighted by molar-refractivity contribution is 6.12. The predicted octanol–water partition coefficient (Wildman–Crippen LogP) is 4.13. The maximum absolute atomic E-state index is 12.4. The van der Waals surface area contributed by atoms with Crippen molar-refractivity contribution in [3.63, 3.8) is 0 Å². The molecule has 0 N–H and O–H groups in total. The van der Waals surface area contributed by atoms with Crippen molar-refractivity contribution in [1.82, 2.24) is 0 Å². The number of benzene rings is 1. The van der Waals surface area contributed by atoms with Gasteiger partial charge in [-0.1, -0.05) is 5.57 Å². The smallest absolute Gasteiger partial charge is 0.331 e. The molecule has 1 aliphatic heterocycles. The van der Waals surface area contributed by atoms with Crippen LogP contribution in [0.3, 0.4) is 0 Å². The molecule has 24 heavy (non-hydrogen) atoms. The maximum Gasteiger partial charge on any atom is 0.331 e. The molecule has 1 atom stereocenters. The van der Waals surface area contributed by atoms with Crippen LogP contribution in [0, 0.1) is 0 Å². The fourth-order valence-corrected chi connectivity index (χ4v) is 2.45. The van der Waals surface area contributed by atoms with Gasteiger partial charge in [0.1, 0.15) is 17.6 Å². The zero-order valence-electron chi connectivity index (χ0n) is 14.9. The van der Waals surface area contributed by atoms with E-state index in [9.17, 15) is 9.59 Å². The number of carbonyl (C=O) groups excluding carboxylic acids is 2. The summed E-state index contributed by atoms with van der Waals surface area (Å²) in [6, 6.07) is 3.33. The first-order chi connectivity index (χ1) is 11.2. The summed E-state index contributed by atoms with van der Waals surface area (Å²) < 4.78 is 16.4. The zero-order chi connectivity index (χ0) is 18.0. The van der Waals surface area contributed by atoms with E-state index in [0.717, 1.165) is 11.1 Å². The summed E-state index contributed by atoms with van der Waals surface area (Å²) in [5.41, 5.74) is 2.73. The van der Waals surface area contributed by atoms with E-state index in [4.69, 9.17) is 14.2 Å². The summed E-state index contributed by atoms with van der Waals surface area (Å²) in [4.78, 5) is 24.3. The molecule has 0 amide bonds. The first kappa shape index (κ1) is 17.8.